The third-order valence-electron chi connectivity index (χ3n) is 5.18. The van der Waals surface area contributed by atoms with Gasteiger partial charge in [0, 0.05) is 18.5 Å². The Bertz CT molecular complexity index is 299. The van der Waals surface area contributed by atoms with Crippen LogP contribution in [-0.2, 0) is 4.79 Å². The predicted octanol–water partition coefficient (Wildman–Crippen LogP) is 2.80. The van der Waals surface area contributed by atoms with Crippen LogP contribution in [0.4, 0.5) is 0 Å². The molecule has 0 spiro atoms. The lowest BCUT2D eigenvalue weighted by molar-refractivity contribution is -0.135. The van der Waals surface area contributed by atoms with Gasteiger partial charge in [-0.1, -0.05) is 13.8 Å². The second-order valence-electron chi connectivity index (χ2n) is 6.58. The van der Waals surface area contributed by atoms with Gasteiger partial charge in [0.25, 0.3) is 0 Å². The lowest BCUT2D eigenvalue weighted by Crippen LogP contribution is -2.42. The summed E-state index contributed by atoms with van der Waals surface area (Å²) in [4.78, 5) is 14.8. The molecule has 0 saturated carbocycles. The zero-order valence-electron chi connectivity index (χ0n) is 12.8. The minimum Gasteiger partial charge on any atom is -0.337 e. The van der Waals surface area contributed by atoms with Crippen molar-refractivity contribution in [1.82, 2.24) is 10.2 Å². The second kappa shape index (κ2) is 6.74. The highest BCUT2D eigenvalue weighted by molar-refractivity contribution is 5.77. The molecule has 4 atom stereocenters. The van der Waals surface area contributed by atoms with E-state index in [1.807, 2.05) is 0 Å². The minimum absolute atomic E-state index is 0.398. The standard InChI is InChI=1S/C16H30N2O/c1-4-15-8-7-13(3)18(15)16(19)10-12(2)14-6-5-9-17-11-14/h12-15,17H,4-11H2,1-3H3. The first-order valence-corrected chi connectivity index (χ1v) is 8.15. The van der Waals surface area contributed by atoms with Crippen LogP contribution in [0.25, 0.3) is 0 Å². The number of likely N-dealkylation sites (tertiary alicyclic amines) is 1. The summed E-state index contributed by atoms with van der Waals surface area (Å²) in [5.74, 6) is 1.61. The Kier molecular flexibility index (Phi) is 5.26. The SMILES string of the molecule is CCC1CCC(C)N1C(=O)CC(C)C1CCCNC1. The van der Waals surface area contributed by atoms with Gasteiger partial charge in [0.1, 0.15) is 0 Å². The molecule has 2 aliphatic rings. The van der Waals surface area contributed by atoms with Crippen LogP contribution in [0.15, 0.2) is 0 Å². The van der Waals surface area contributed by atoms with Gasteiger partial charge in [0.05, 0.1) is 0 Å². The first kappa shape index (κ1) is 14.8. The van der Waals surface area contributed by atoms with Crippen LogP contribution in [0.2, 0.25) is 0 Å². The molecule has 0 aromatic heterocycles. The van der Waals surface area contributed by atoms with Crippen molar-refractivity contribution in [2.45, 2.75) is 71.4 Å². The molecule has 2 rings (SSSR count). The first-order valence-electron chi connectivity index (χ1n) is 8.15. The van der Waals surface area contributed by atoms with Gasteiger partial charge >= 0.3 is 0 Å². The van der Waals surface area contributed by atoms with Gasteiger partial charge in [-0.25, -0.2) is 0 Å². The normalized spacial score (nSPS) is 33.4. The van der Waals surface area contributed by atoms with Crippen LogP contribution in [0.1, 0.15) is 59.3 Å². The highest BCUT2D eigenvalue weighted by Crippen LogP contribution is 2.29. The molecular formula is C16H30N2O. The van der Waals surface area contributed by atoms with E-state index in [9.17, 15) is 4.79 Å². The quantitative estimate of drug-likeness (QED) is 0.848. The average molecular weight is 266 g/mol. The second-order valence-corrected chi connectivity index (χ2v) is 6.58. The van der Waals surface area contributed by atoms with Crippen molar-refractivity contribution in [2.24, 2.45) is 11.8 Å². The van der Waals surface area contributed by atoms with Crippen LogP contribution in [0.5, 0.6) is 0 Å². The van der Waals surface area contributed by atoms with Gasteiger partial charge in [-0.15, -0.1) is 0 Å². The molecule has 2 aliphatic heterocycles. The maximum atomic E-state index is 12.6. The molecule has 2 saturated heterocycles. The molecule has 0 aliphatic carbocycles. The zero-order valence-corrected chi connectivity index (χ0v) is 12.8. The van der Waals surface area contributed by atoms with Crippen LogP contribution in [0.3, 0.4) is 0 Å². The molecule has 2 heterocycles. The average Bonchev–Trinajstić information content (AvgIpc) is 2.80. The molecule has 0 bridgehead atoms. The smallest absolute Gasteiger partial charge is 0.223 e. The van der Waals surface area contributed by atoms with E-state index in [1.54, 1.807) is 0 Å². The lowest BCUT2D eigenvalue weighted by atomic mass is 9.85. The number of hydrogen-bond acceptors (Lipinski definition) is 2. The Morgan fingerprint density at radius 2 is 2.16 bits per heavy atom. The van der Waals surface area contributed by atoms with Crippen molar-refractivity contribution in [1.29, 1.82) is 0 Å². The molecule has 4 unspecified atom stereocenters. The van der Waals surface area contributed by atoms with Crippen molar-refractivity contribution in [3.8, 4) is 0 Å². The summed E-state index contributed by atoms with van der Waals surface area (Å²) in [6.45, 7) is 8.93. The molecule has 0 aromatic rings. The van der Waals surface area contributed by atoms with Crippen molar-refractivity contribution >= 4 is 5.91 Å². The summed E-state index contributed by atoms with van der Waals surface area (Å²) < 4.78 is 0. The molecular weight excluding hydrogens is 236 g/mol. The van der Waals surface area contributed by atoms with Crippen LogP contribution >= 0.6 is 0 Å². The number of hydrogen-bond donors (Lipinski definition) is 1. The summed E-state index contributed by atoms with van der Waals surface area (Å²) in [6, 6.07) is 0.952. The number of carbonyl (C=O) groups excluding carboxylic acids is 1. The maximum Gasteiger partial charge on any atom is 0.223 e. The van der Waals surface area contributed by atoms with Crippen LogP contribution < -0.4 is 5.32 Å². The number of piperidine rings is 1. The fraction of sp³-hybridized carbons (Fsp3) is 0.938. The van der Waals surface area contributed by atoms with Gasteiger partial charge in [0.15, 0.2) is 0 Å². The highest BCUT2D eigenvalue weighted by atomic mass is 16.2. The fourth-order valence-electron chi connectivity index (χ4n) is 3.83. The Hall–Kier alpha value is -0.570. The van der Waals surface area contributed by atoms with Crippen molar-refractivity contribution < 1.29 is 4.79 Å². The monoisotopic (exact) mass is 266 g/mol. The van der Waals surface area contributed by atoms with E-state index in [2.05, 4.69) is 31.0 Å². The fourth-order valence-corrected chi connectivity index (χ4v) is 3.83. The van der Waals surface area contributed by atoms with Gasteiger partial charge in [-0.05, 0) is 64.0 Å². The molecule has 1 amide bonds. The van der Waals surface area contributed by atoms with E-state index >= 15 is 0 Å². The molecule has 2 fully saturated rings. The molecule has 110 valence electrons. The molecule has 0 aromatic carbocycles. The topological polar surface area (TPSA) is 32.3 Å². The summed E-state index contributed by atoms with van der Waals surface area (Å²) in [5.41, 5.74) is 0. The maximum absolute atomic E-state index is 12.6. The number of amides is 1. The third kappa shape index (κ3) is 3.50. The molecule has 3 heteroatoms. The summed E-state index contributed by atoms with van der Waals surface area (Å²) in [6.07, 6.45) is 6.78. The van der Waals surface area contributed by atoms with E-state index in [1.165, 1.54) is 25.7 Å². The van der Waals surface area contributed by atoms with E-state index < -0.39 is 0 Å². The third-order valence-corrected chi connectivity index (χ3v) is 5.18. The largest absolute Gasteiger partial charge is 0.337 e. The van der Waals surface area contributed by atoms with E-state index in [-0.39, 0.29) is 0 Å². The summed E-state index contributed by atoms with van der Waals surface area (Å²) in [5, 5.41) is 3.46. The Morgan fingerprint density at radius 3 is 2.79 bits per heavy atom. The van der Waals surface area contributed by atoms with Crippen LogP contribution in [-0.4, -0.2) is 36.0 Å². The van der Waals surface area contributed by atoms with Crippen molar-refractivity contribution in [2.75, 3.05) is 13.1 Å². The molecule has 1 N–H and O–H groups in total. The number of carbonyl (C=O) groups is 1. The van der Waals surface area contributed by atoms with Crippen molar-refractivity contribution in [3.63, 3.8) is 0 Å². The molecule has 0 radical (unpaired) electrons. The Labute approximate surface area is 118 Å². The van der Waals surface area contributed by atoms with Gasteiger partial charge < -0.3 is 10.2 Å². The molecule has 19 heavy (non-hydrogen) atoms. The number of nitrogens with one attached hydrogen (secondary N) is 1. The minimum atomic E-state index is 0.398. The van der Waals surface area contributed by atoms with E-state index in [0.717, 1.165) is 25.9 Å². The predicted molar refractivity (Wildman–Crippen MR) is 79.0 cm³/mol. The lowest BCUT2D eigenvalue weighted by Gasteiger charge is -2.32. The van der Waals surface area contributed by atoms with Crippen LogP contribution in [0, 0.1) is 11.8 Å². The Morgan fingerprint density at radius 1 is 1.37 bits per heavy atom. The summed E-state index contributed by atoms with van der Waals surface area (Å²) in [7, 11) is 0. The van der Waals surface area contributed by atoms with Gasteiger partial charge in [-0.2, -0.15) is 0 Å². The molecule has 3 nitrogen and oxygen atoms in total. The van der Waals surface area contributed by atoms with Gasteiger partial charge in [0.2, 0.25) is 5.91 Å². The zero-order chi connectivity index (χ0) is 13.8. The number of nitrogens with zero attached hydrogens (tertiary/aromatic N) is 1. The highest BCUT2D eigenvalue weighted by Gasteiger charge is 2.34. The van der Waals surface area contributed by atoms with E-state index in [0.29, 0.717) is 29.8 Å². The first-order chi connectivity index (χ1) is 9.13. The van der Waals surface area contributed by atoms with Gasteiger partial charge in [-0.3, -0.25) is 4.79 Å². The Balaban J connectivity index is 1.88. The number of rotatable bonds is 4. The van der Waals surface area contributed by atoms with E-state index in [4.69, 9.17) is 0 Å². The van der Waals surface area contributed by atoms with Crippen molar-refractivity contribution in [3.05, 3.63) is 0 Å². The summed E-state index contributed by atoms with van der Waals surface area (Å²) >= 11 is 0.